The van der Waals surface area contributed by atoms with E-state index in [1.54, 1.807) is 0 Å². The van der Waals surface area contributed by atoms with Crippen LogP contribution in [0.2, 0.25) is 0 Å². The predicted molar refractivity (Wildman–Crippen MR) is 53.9 cm³/mol. The van der Waals surface area contributed by atoms with Crippen molar-refractivity contribution in [1.82, 2.24) is 0 Å². The minimum Gasteiger partial charge on any atom is -0.329 e. The molecule has 0 radical (unpaired) electrons. The Hall–Kier alpha value is -1.43. The van der Waals surface area contributed by atoms with Crippen LogP contribution in [0.4, 0.5) is 17.6 Å². The lowest BCUT2D eigenvalue weighted by molar-refractivity contribution is -0.137. The van der Waals surface area contributed by atoms with Crippen LogP contribution in [-0.4, -0.2) is 12.3 Å². The highest BCUT2D eigenvalue weighted by molar-refractivity contribution is 5.83. The van der Waals surface area contributed by atoms with Crippen LogP contribution in [0.15, 0.2) is 18.2 Å². The quantitative estimate of drug-likeness (QED) is 0.836. The Morgan fingerprint density at radius 2 is 2.00 bits per heavy atom. The molecule has 0 aliphatic rings. The van der Waals surface area contributed by atoms with Crippen LogP contribution in [0, 0.1) is 5.82 Å². The molecule has 0 aromatic heterocycles. The number of hydrogen-bond acceptors (Lipinski definition) is 2. The van der Waals surface area contributed by atoms with Gasteiger partial charge in [0.15, 0.2) is 0 Å². The molecule has 0 spiro atoms. The Morgan fingerprint density at radius 1 is 1.41 bits per heavy atom. The smallest absolute Gasteiger partial charge is 0.329 e. The van der Waals surface area contributed by atoms with Gasteiger partial charge in [0.05, 0.1) is 11.5 Å². The van der Waals surface area contributed by atoms with Crippen LogP contribution >= 0.6 is 0 Å². The minimum atomic E-state index is -4.60. The van der Waals surface area contributed by atoms with Gasteiger partial charge in [0.25, 0.3) is 0 Å². The summed E-state index contributed by atoms with van der Waals surface area (Å²) in [5, 5.41) is 0. The molecule has 0 saturated carbocycles. The van der Waals surface area contributed by atoms with Crippen LogP contribution < -0.4 is 5.73 Å². The molecule has 0 fully saturated rings. The number of carbonyl (C=O) groups is 1. The third kappa shape index (κ3) is 3.03. The van der Waals surface area contributed by atoms with Gasteiger partial charge in [-0.15, -0.1) is 0 Å². The molecule has 0 unspecified atom stereocenters. The summed E-state index contributed by atoms with van der Waals surface area (Å²) in [4.78, 5) is 11.1. The van der Waals surface area contributed by atoms with Gasteiger partial charge in [0, 0.05) is 6.54 Å². The van der Waals surface area contributed by atoms with Crippen molar-refractivity contribution >= 4 is 5.78 Å². The number of alkyl halides is 3. The molecule has 0 bridgehead atoms. The van der Waals surface area contributed by atoms with Crippen molar-refractivity contribution < 1.29 is 22.4 Å². The van der Waals surface area contributed by atoms with E-state index in [9.17, 15) is 22.4 Å². The first-order valence-electron chi connectivity index (χ1n) is 4.84. The van der Waals surface area contributed by atoms with Crippen LogP contribution in [0.25, 0.3) is 0 Å². The molecule has 1 aromatic carbocycles. The first kappa shape index (κ1) is 13.6. The van der Waals surface area contributed by atoms with Crippen molar-refractivity contribution in [2.24, 2.45) is 5.73 Å². The Balaban J connectivity index is 3.18. The molecule has 94 valence electrons. The zero-order valence-corrected chi connectivity index (χ0v) is 9.01. The highest BCUT2D eigenvalue weighted by Crippen LogP contribution is 2.31. The largest absolute Gasteiger partial charge is 0.416 e. The molecule has 2 nitrogen and oxygen atoms in total. The highest BCUT2D eigenvalue weighted by Gasteiger charge is 2.32. The van der Waals surface area contributed by atoms with E-state index in [0.717, 1.165) is 12.1 Å². The van der Waals surface area contributed by atoms with Gasteiger partial charge in [-0.25, -0.2) is 4.39 Å². The zero-order valence-electron chi connectivity index (χ0n) is 9.01. The van der Waals surface area contributed by atoms with Gasteiger partial charge in [0.2, 0.25) is 0 Å². The molecule has 1 rings (SSSR count). The molecular weight excluding hydrogens is 238 g/mol. The molecule has 0 saturated heterocycles. The summed E-state index contributed by atoms with van der Waals surface area (Å²) in [7, 11) is 0. The summed E-state index contributed by atoms with van der Waals surface area (Å²) < 4.78 is 50.3. The molecule has 1 aromatic rings. The van der Waals surface area contributed by atoms with Crippen molar-refractivity contribution in [1.29, 1.82) is 0 Å². The maximum Gasteiger partial charge on any atom is 0.416 e. The average Bonchev–Trinajstić information content (AvgIpc) is 2.19. The minimum absolute atomic E-state index is 0.104. The molecule has 0 aliphatic heterocycles. The molecule has 0 amide bonds. The average molecular weight is 249 g/mol. The van der Waals surface area contributed by atoms with Crippen LogP contribution in [0.5, 0.6) is 0 Å². The van der Waals surface area contributed by atoms with Crippen molar-refractivity contribution in [3.8, 4) is 0 Å². The van der Waals surface area contributed by atoms with Gasteiger partial charge in [-0.3, -0.25) is 4.79 Å². The lowest BCUT2D eigenvalue weighted by Gasteiger charge is -2.14. The van der Waals surface area contributed by atoms with Crippen LogP contribution in [0.1, 0.15) is 24.0 Å². The summed E-state index contributed by atoms with van der Waals surface area (Å²) in [5.41, 5.74) is 4.10. The van der Waals surface area contributed by atoms with E-state index in [-0.39, 0.29) is 17.9 Å². The van der Waals surface area contributed by atoms with Crippen molar-refractivity contribution in [2.45, 2.75) is 19.0 Å². The van der Waals surface area contributed by atoms with E-state index in [0.29, 0.717) is 6.07 Å². The standard InChI is InChI=1S/C11H11F4NO/c1-6(17)9(5-16)8-3-2-7(4-10(8)12)11(13,14)15/h2-4,9H,5,16H2,1H3/t9-/m0/s1. The first-order chi connectivity index (χ1) is 7.77. The summed E-state index contributed by atoms with van der Waals surface area (Å²) in [5.74, 6) is -2.35. The Bertz CT molecular complexity index is 428. The number of nitrogens with two attached hydrogens (primary N) is 1. The van der Waals surface area contributed by atoms with Crippen molar-refractivity contribution in [3.05, 3.63) is 35.1 Å². The normalized spacial score (nSPS) is 13.5. The summed E-state index contributed by atoms with van der Waals surface area (Å²) >= 11 is 0. The highest BCUT2D eigenvalue weighted by atomic mass is 19.4. The fraction of sp³-hybridized carbons (Fsp3) is 0.364. The molecule has 2 N–H and O–H groups in total. The van der Waals surface area contributed by atoms with Crippen LogP contribution in [0.3, 0.4) is 0 Å². The lowest BCUT2D eigenvalue weighted by atomic mass is 9.94. The Labute approximate surface area is 95.4 Å². The maximum absolute atomic E-state index is 13.5. The van der Waals surface area contributed by atoms with Gasteiger partial charge < -0.3 is 5.73 Å². The molecule has 6 heteroatoms. The second-order valence-electron chi connectivity index (χ2n) is 3.63. The van der Waals surface area contributed by atoms with E-state index in [2.05, 4.69) is 0 Å². The summed E-state index contributed by atoms with van der Waals surface area (Å²) in [6.07, 6.45) is -4.60. The van der Waals surface area contributed by atoms with E-state index in [1.807, 2.05) is 0 Å². The van der Waals surface area contributed by atoms with Gasteiger partial charge in [-0.05, 0) is 24.6 Å². The Kier molecular flexibility index (Phi) is 3.87. The summed E-state index contributed by atoms with van der Waals surface area (Å²) in [6.45, 7) is 1.08. The number of halogens is 4. The molecular formula is C11H11F4NO. The van der Waals surface area contributed by atoms with E-state index in [4.69, 9.17) is 5.73 Å². The number of hydrogen-bond donors (Lipinski definition) is 1. The van der Waals surface area contributed by atoms with Gasteiger partial charge in [0.1, 0.15) is 11.6 Å². The van der Waals surface area contributed by atoms with Gasteiger partial charge in [-0.2, -0.15) is 13.2 Å². The third-order valence-electron chi connectivity index (χ3n) is 2.43. The number of carbonyl (C=O) groups excluding carboxylic acids is 1. The molecule has 0 aliphatic carbocycles. The molecule has 0 heterocycles. The number of rotatable bonds is 3. The fourth-order valence-electron chi connectivity index (χ4n) is 1.50. The monoisotopic (exact) mass is 249 g/mol. The summed E-state index contributed by atoms with van der Waals surface area (Å²) in [6, 6.07) is 2.07. The SMILES string of the molecule is CC(=O)[C@H](CN)c1ccc(C(F)(F)F)cc1F. The Morgan fingerprint density at radius 3 is 2.35 bits per heavy atom. The van der Waals surface area contributed by atoms with Gasteiger partial charge in [-0.1, -0.05) is 6.07 Å². The first-order valence-corrected chi connectivity index (χ1v) is 4.84. The van der Waals surface area contributed by atoms with Crippen molar-refractivity contribution in [3.63, 3.8) is 0 Å². The lowest BCUT2D eigenvalue weighted by Crippen LogP contribution is -2.21. The fourth-order valence-corrected chi connectivity index (χ4v) is 1.50. The molecule has 1 atom stereocenters. The van der Waals surface area contributed by atoms with Crippen molar-refractivity contribution in [2.75, 3.05) is 6.54 Å². The predicted octanol–water partition coefficient (Wildman–Crippen LogP) is 2.48. The van der Waals surface area contributed by atoms with E-state index >= 15 is 0 Å². The number of benzene rings is 1. The van der Waals surface area contributed by atoms with Gasteiger partial charge >= 0.3 is 6.18 Å². The second-order valence-corrected chi connectivity index (χ2v) is 3.63. The van der Waals surface area contributed by atoms with Crippen LogP contribution in [-0.2, 0) is 11.0 Å². The third-order valence-corrected chi connectivity index (χ3v) is 2.43. The maximum atomic E-state index is 13.5. The zero-order chi connectivity index (χ0) is 13.2. The number of ketones is 1. The number of Topliss-reactive ketones (excluding diaryl/α,β-unsaturated/α-hetero) is 1. The second kappa shape index (κ2) is 4.83. The molecule has 17 heavy (non-hydrogen) atoms. The topological polar surface area (TPSA) is 43.1 Å². The van der Waals surface area contributed by atoms with E-state index in [1.165, 1.54) is 6.92 Å². The van der Waals surface area contributed by atoms with E-state index < -0.39 is 23.5 Å².